The third kappa shape index (κ3) is 7.97. The first-order valence-corrected chi connectivity index (χ1v) is 10.5. The van der Waals surface area contributed by atoms with Gasteiger partial charge in [-0.05, 0) is 49.7 Å². The monoisotopic (exact) mass is 471 g/mol. The molecule has 7 heteroatoms. The number of alkyl halides is 1. The molecule has 0 aliphatic carbocycles. The van der Waals surface area contributed by atoms with Crippen LogP contribution < -0.4 is 4.74 Å². The first-order chi connectivity index (χ1) is 13.0. The summed E-state index contributed by atoms with van der Waals surface area (Å²) >= 11 is 10.6. The van der Waals surface area contributed by atoms with Crippen molar-refractivity contribution >= 4 is 55.4 Å². The lowest BCUT2D eigenvalue weighted by Crippen LogP contribution is -1.98. The Balaban J connectivity index is 0.000000236. The second-order valence-electron chi connectivity index (χ2n) is 5.46. The summed E-state index contributed by atoms with van der Waals surface area (Å²) in [7, 11) is 3.25. The number of hydrogen-bond donors (Lipinski definition) is 0. The van der Waals surface area contributed by atoms with E-state index >= 15 is 0 Å². The zero-order valence-corrected chi connectivity index (χ0v) is 19.0. The van der Waals surface area contributed by atoms with E-state index in [1.54, 1.807) is 25.6 Å². The molecule has 0 bridgehead atoms. The Kier molecular flexibility index (Phi) is 11.2. The molecule has 4 nitrogen and oxygen atoms in total. The Hall–Kier alpha value is -1.47. The fraction of sp³-hybridized carbons (Fsp3) is 0.300. The molecular weight excluding hydrogens is 450 g/mol. The number of hydrogen-bond acceptors (Lipinski definition) is 5. The van der Waals surface area contributed by atoms with Crippen molar-refractivity contribution in [2.24, 2.45) is 0 Å². The van der Waals surface area contributed by atoms with Crippen LogP contribution in [0.25, 0.3) is 10.2 Å². The third-order valence-corrected chi connectivity index (χ3v) is 4.70. The summed E-state index contributed by atoms with van der Waals surface area (Å²) in [6, 6.07) is 9.56. The number of pyridine rings is 1. The Morgan fingerprint density at radius 3 is 2.52 bits per heavy atom. The molecule has 0 saturated carbocycles. The molecule has 0 saturated heterocycles. The number of fused-ring (bicyclic) bond motifs is 1. The first kappa shape index (κ1) is 23.6. The number of thiophene rings is 1. The fourth-order valence-corrected chi connectivity index (χ4v) is 3.27. The van der Waals surface area contributed by atoms with Crippen LogP contribution in [-0.4, -0.2) is 37.4 Å². The summed E-state index contributed by atoms with van der Waals surface area (Å²) in [6.07, 6.45) is 0.852. The van der Waals surface area contributed by atoms with Gasteiger partial charge in [-0.2, -0.15) is 0 Å². The molecule has 2 aromatic heterocycles. The lowest BCUT2D eigenvalue weighted by atomic mass is 10.2. The van der Waals surface area contributed by atoms with Crippen molar-refractivity contribution in [1.29, 1.82) is 0 Å². The number of aryl methyl sites for hydroxylation is 2. The fourth-order valence-electron chi connectivity index (χ4n) is 2.04. The van der Waals surface area contributed by atoms with Gasteiger partial charge < -0.3 is 9.47 Å². The van der Waals surface area contributed by atoms with E-state index in [-0.39, 0.29) is 0 Å². The normalized spacial score (nSPS) is 9.70. The van der Waals surface area contributed by atoms with Crippen molar-refractivity contribution in [2.75, 3.05) is 26.2 Å². The molecule has 2 heterocycles. The maximum absolute atomic E-state index is 10.6. The largest absolute Gasteiger partial charge is 0.492 e. The van der Waals surface area contributed by atoms with Crippen LogP contribution in [0.3, 0.4) is 0 Å². The van der Waals surface area contributed by atoms with Gasteiger partial charge in [0.2, 0.25) is 0 Å². The summed E-state index contributed by atoms with van der Waals surface area (Å²) in [6.45, 7) is 4.59. The Morgan fingerprint density at radius 2 is 1.93 bits per heavy atom. The molecule has 0 fully saturated rings. The zero-order valence-electron chi connectivity index (χ0n) is 15.8. The highest BCUT2D eigenvalue weighted by atomic mass is 79.9. The topological polar surface area (TPSA) is 48.4 Å². The number of carbonyl (C=O) groups is 1. The van der Waals surface area contributed by atoms with Gasteiger partial charge in [0, 0.05) is 35.6 Å². The van der Waals surface area contributed by atoms with E-state index in [0.717, 1.165) is 43.9 Å². The number of methoxy groups -OCH3 is 1. The molecule has 0 N–H and O–H groups in total. The SMILES string of the molecule is COC.Cc1cc(Cl)ccc1OCCBr.Cc1ccc2scc(C=O)c2n1. The molecule has 3 rings (SSSR count). The quantitative estimate of drug-likeness (QED) is 0.340. The third-order valence-electron chi connectivity index (χ3n) is 3.18. The zero-order chi connectivity index (χ0) is 20.2. The van der Waals surface area contributed by atoms with Gasteiger partial charge in [-0.25, -0.2) is 0 Å². The predicted octanol–water partition coefficient (Wildman–Crippen LogP) is 6.10. The van der Waals surface area contributed by atoms with Crippen molar-refractivity contribution < 1.29 is 14.3 Å². The number of aromatic nitrogens is 1. The number of carbonyl (C=O) groups excluding carboxylic acids is 1. The molecule has 146 valence electrons. The van der Waals surface area contributed by atoms with Crippen molar-refractivity contribution in [3.05, 3.63) is 57.6 Å². The smallest absolute Gasteiger partial charge is 0.153 e. The molecule has 0 atom stereocenters. The molecule has 0 unspecified atom stereocenters. The first-order valence-electron chi connectivity index (χ1n) is 8.11. The predicted molar refractivity (Wildman–Crippen MR) is 118 cm³/mol. The molecule has 0 amide bonds. The Bertz CT molecular complexity index is 854. The summed E-state index contributed by atoms with van der Waals surface area (Å²) in [5.41, 5.74) is 3.54. The van der Waals surface area contributed by atoms with E-state index < -0.39 is 0 Å². The highest BCUT2D eigenvalue weighted by Crippen LogP contribution is 2.23. The van der Waals surface area contributed by atoms with Crippen LogP contribution >= 0.6 is 38.9 Å². The van der Waals surface area contributed by atoms with Crippen molar-refractivity contribution in [1.82, 2.24) is 4.98 Å². The van der Waals surface area contributed by atoms with Gasteiger partial charge in [0.1, 0.15) is 5.75 Å². The lowest BCUT2D eigenvalue weighted by Gasteiger charge is -2.06. The van der Waals surface area contributed by atoms with Crippen LogP contribution in [0.2, 0.25) is 5.02 Å². The highest BCUT2D eigenvalue weighted by molar-refractivity contribution is 9.09. The summed E-state index contributed by atoms with van der Waals surface area (Å²) < 4.78 is 10.8. The summed E-state index contributed by atoms with van der Waals surface area (Å²) in [5.74, 6) is 0.902. The van der Waals surface area contributed by atoms with Crippen molar-refractivity contribution in [2.45, 2.75) is 13.8 Å². The second kappa shape index (κ2) is 12.8. The maximum atomic E-state index is 10.6. The van der Waals surface area contributed by atoms with Crippen LogP contribution in [0.1, 0.15) is 21.6 Å². The minimum atomic E-state index is 0.683. The van der Waals surface area contributed by atoms with Gasteiger partial charge in [0.15, 0.2) is 6.29 Å². The van der Waals surface area contributed by atoms with Crippen molar-refractivity contribution in [3.8, 4) is 5.75 Å². The number of nitrogens with zero attached hydrogens (tertiary/aromatic N) is 1. The number of aldehydes is 1. The molecule has 0 radical (unpaired) electrons. The molecule has 0 spiro atoms. The van der Waals surface area contributed by atoms with Crippen LogP contribution in [0.4, 0.5) is 0 Å². The van der Waals surface area contributed by atoms with Gasteiger partial charge in [0.05, 0.1) is 22.4 Å². The van der Waals surface area contributed by atoms with Gasteiger partial charge in [0.25, 0.3) is 0 Å². The molecule has 27 heavy (non-hydrogen) atoms. The molecule has 0 aliphatic heterocycles. The second-order valence-corrected chi connectivity index (χ2v) is 7.60. The number of ether oxygens (including phenoxy) is 2. The highest BCUT2D eigenvalue weighted by Gasteiger charge is 2.03. The minimum absolute atomic E-state index is 0.683. The van der Waals surface area contributed by atoms with Gasteiger partial charge >= 0.3 is 0 Å². The van der Waals surface area contributed by atoms with Crippen LogP contribution in [0, 0.1) is 13.8 Å². The van der Waals surface area contributed by atoms with E-state index in [2.05, 4.69) is 25.7 Å². The van der Waals surface area contributed by atoms with Crippen LogP contribution in [0.15, 0.2) is 35.7 Å². The van der Waals surface area contributed by atoms with Gasteiger partial charge in [-0.15, -0.1) is 11.3 Å². The van der Waals surface area contributed by atoms with Crippen molar-refractivity contribution in [3.63, 3.8) is 0 Å². The number of rotatable bonds is 4. The van der Waals surface area contributed by atoms with Gasteiger partial charge in [-0.3, -0.25) is 9.78 Å². The van der Waals surface area contributed by atoms with Crippen LogP contribution in [0.5, 0.6) is 5.75 Å². The maximum Gasteiger partial charge on any atom is 0.153 e. The van der Waals surface area contributed by atoms with E-state index in [9.17, 15) is 4.79 Å². The number of halogens is 2. The van der Waals surface area contributed by atoms with E-state index in [1.807, 2.05) is 49.6 Å². The van der Waals surface area contributed by atoms with Gasteiger partial charge in [-0.1, -0.05) is 27.5 Å². The Morgan fingerprint density at radius 1 is 1.22 bits per heavy atom. The summed E-state index contributed by atoms with van der Waals surface area (Å²) in [5, 5.41) is 3.43. The Labute approximate surface area is 177 Å². The molecule has 3 aromatic rings. The average Bonchev–Trinajstić information content (AvgIpc) is 3.04. The lowest BCUT2D eigenvalue weighted by molar-refractivity contribution is 0.112. The molecule has 1 aromatic carbocycles. The standard InChI is InChI=1S/C9H10BrClO.C9H7NOS.C2H6O/c1-7-6-8(11)2-3-9(7)12-5-4-10;1-6-2-3-8-9(10-6)7(4-11)5-12-8;1-3-2/h2-3,6H,4-5H2,1H3;2-5H,1H3;1-2H3. The molecule has 0 aliphatic rings. The molecular formula is C20H23BrClNO3S. The summed E-state index contributed by atoms with van der Waals surface area (Å²) in [4.78, 5) is 14.8. The van der Waals surface area contributed by atoms with Crippen LogP contribution in [-0.2, 0) is 4.74 Å². The average molecular weight is 473 g/mol. The van der Waals surface area contributed by atoms with E-state index in [0.29, 0.717) is 12.2 Å². The minimum Gasteiger partial charge on any atom is -0.492 e. The van der Waals surface area contributed by atoms with E-state index in [1.165, 1.54) is 0 Å². The van der Waals surface area contributed by atoms with E-state index in [4.69, 9.17) is 16.3 Å². The number of benzene rings is 1.